The van der Waals surface area contributed by atoms with E-state index in [-0.39, 0.29) is 11.9 Å². The number of aryl methyl sites for hydroxylation is 1. The van der Waals surface area contributed by atoms with Crippen LogP contribution in [0.3, 0.4) is 0 Å². The molecule has 1 aromatic heterocycles. The zero-order valence-corrected chi connectivity index (χ0v) is 12.9. The average Bonchev–Trinajstić information content (AvgIpc) is 2.82. The predicted molar refractivity (Wildman–Crippen MR) is 83.9 cm³/mol. The predicted octanol–water partition coefficient (Wildman–Crippen LogP) is 5.11. The SMILES string of the molecule is CCNC(c1oc2ccc(F)cc2c1C)C1CCCCC1. The Bertz CT molecular complexity index is 613. The van der Waals surface area contributed by atoms with Crippen LogP contribution in [-0.2, 0) is 0 Å². The summed E-state index contributed by atoms with van der Waals surface area (Å²) < 4.78 is 19.6. The van der Waals surface area contributed by atoms with Gasteiger partial charge in [-0.1, -0.05) is 26.2 Å². The Labute approximate surface area is 125 Å². The van der Waals surface area contributed by atoms with Gasteiger partial charge in [0.1, 0.15) is 17.2 Å². The number of nitrogens with one attached hydrogen (secondary N) is 1. The van der Waals surface area contributed by atoms with Crippen LogP contribution in [0.15, 0.2) is 22.6 Å². The van der Waals surface area contributed by atoms with E-state index in [4.69, 9.17) is 4.42 Å². The molecule has 3 rings (SSSR count). The molecule has 1 aliphatic carbocycles. The average molecular weight is 289 g/mol. The second kappa shape index (κ2) is 6.18. The number of rotatable bonds is 4. The molecule has 1 N–H and O–H groups in total. The van der Waals surface area contributed by atoms with E-state index in [0.717, 1.165) is 28.8 Å². The molecule has 0 aliphatic heterocycles. The fraction of sp³-hybridized carbons (Fsp3) is 0.556. The highest BCUT2D eigenvalue weighted by Crippen LogP contribution is 2.38. The zero-order valence-electron chi connectivity index (χ0n) is 12.9. The van der Waals surface area contributed by atoms with Gasteiger partial charge in [-0.25, -0.2) is 4.39 Å². The van der Waals surface area contributed by atoms with E-state index in [1.54, 1.807) is 12.1 Å². The summed E-state index contributed by atoms with van der Waals surface area (Å²) in [5.74, 6) is 1.43. The third-order valence-corrected chi connectivity index (χ3v) is 4.76. The van der Waals surface area contributed by atoms with Gasteiger partial charge < -0.3 is 9.73 Å². The topological polar surface area (TPSA) is 25.2 Å². The normalized spacial score (nSPS) is 18.2. The van der Waals surface area contributed by atoms with Crippen molar-refractivity contribution in [2.75, 3.05) is 6.54 Å². The molecule has 1 heterocycles. The first-order chi connectivity index (χ1) is 10.2. The summed E-state index contributed by atoms with van der Waals surface area (Å²) in [5.41, 5.74) is 1.88. The van der Waals surface area contributed by atoms with Crippen molar-refractivity contribution < 1.29 is 8.81 Å². The zero-order chi connectivity index (χ0) is 14.8. The van der Waals surface area contributed by atoms with Crippen molar-refractivity contribution >= 4 is 11.0 Å². The van der Waals surface area contributed by atoms with E-state index < -0.39 is 0 Å². The van der Waals surface area contributed by atoms with Gasteiger partial charge in [0.2, 0.25) is 0 Å². The number of furan rings is 1. The lowest BCUT2D eigenvalue weighted by Gasteiger charge is -2.30. The maximum atomic E-state index is 13.5. The first-order valence-corrected chi connectivity index (χ1v) is 8.12. The maximum absolute atomic E-state index is 13.5. The van der Waals surface area contributed by atoms with Gasteiger partial charge in [-0.2, -0.15) is 0 Å². The Morgan fingerprint density at radius 1 is 1.29 bits per heavy atom. The van der Waals surface area contributed by atoms with Crippen LogP contribution in [0.4, 0.5) is 4.39 Å². The molecule has 0 bridgehead atoms. The van der Waals surface area contributed by atoms with Crippen LogP contribution in [0.1, 0.15) is 56.4 Å². The summed E-state index contributed by atoms with van der Waals surface area (Å²) >= 11 is 0. The fourth-order valence-electron chi connectivity index (χ4n) is 3.67. The van der Waals surface area contributed by atoms with E-state index >= 15 is 0 Å². The van der Waals surface area contributed by atoms with Gasteiger partial charge in [0.05, 0.1) is 6.04 Å². The third-order valence-electron chi connectivity index (χ3n) is 4.76. The van der Waals surface area contributed by atoms with Crippen LogP contribution >= 0.6 is 0 Å². The molecule has 3 heteroatoms. The van der Waals surface area contributed by atoms with Crippen molar-refractivity contribution in [1.82, 2.24) is 5.32 Å². The third kappa shape index (κ3) is 2.84. The van der Waals surface area contributed by atoms with Crippen molar-refractivity contribution in [3.05, 3.63) is 35.3 Å². The van der Waals surface area contributed by atoms with Gasteiger partial charge in [0.15, 0.2) is 0 Å². The molecule has 0 saturated heterocycles. The molecule has 1 atom stereocenters. The molecule has 1 fully saturated rings. The van der Waals surface area contributed by atoms with Crippen LogP contribution in [0.5, 0.6) is 0 Å². The summed E-state index contributed by atoms with van der Waals surface area (Å²) in [6, 6.07) is 5.05. The van der Waals surface area contributed by atoms with Crippen molar-refractivity contribution in [3.63, 3.8) is 0 Å². The van der Waals surface area contributed by atoms with Gasteiger partial charge in [0.25, 0.3) is 0 Å². The minimum absolute atomic E-state index is 0.199. The van der Waals surface area contributed by atoms with Crippen LogP contribution < -0.4 is 5.32 Å². The standard InChI is InChI=1S/C18H24FNO/c1-3-20-17(13-7-5-4-6-8-13)18-12(2)15-11-14(19)9-10-16(15)21-18/h9-11,13,17,20H,3-8H2,1-2H3. The van der Waals surface area contributed by atoms with Crippen LogP contribution in [0.2, 0.25) is 0 Å². The Hall–Kier alpha value is -1.35. The molecular formula is C18H24FNO. The van der Waals surface area contributed by atoms with E-state index in [1.807, 2.05) is 6.92 Å². The number of fused-ring (bicyclic) bond motifs is 1. The molecule has 1 saturated carbocycles. The Morgan fingerprint density at radius 2 is 2.05 bits per heavy atom. The van der Waals surface area contributed by atoms with Crippen molar-refractivity contribution in [2.45, 2.75) is 52.0 Å². The molecule has 114 valence electrons. The van der Waals surface area contributed by atoms with Crippen molar-refractivity contribution in [1.29, 1.82) is 0 Å². The summed E-state index contributed by atoms with van der Waals surface area (Å²) in [4.78, 5) is 0. The van der Waals surface area contributed by atoms with Gasteiger partial charge >= 0.3 is 0 Å². The number of benzene rings is 1. The van der Waals surface area contributed by atoms with Gasteiger partial charge in [-0.15, -0.1) is 0 Å². The molecule has 2 aromatic rings. The van der Waals surface area contributed by atoms with Gasteiger partial charge in [-0.05, 0) is 50.4 Å². The van der Waals surface area contributed by atoms with Crippen molar-refractivity contribution in [2.24, 2.45) is 5.92 Å². The highest BCUT2D eigenvalue weighted by molar-refractivity contribution is 5.82. The number of hydrogen-bond donors (Lipinski definition) is 1. The minimum atomic E-state index is -0.199. The van der Waals surface area contributed by atoms with Gasteiger partial charge in [0, 0.05) is 10.9 Å². The monoisotopic (exact) mass is 289 g/mol. The molecule has 1 aromatic carbocycles. The fourth-order valence-corrected chi connectivity index (χ4v) is 3.67. The Balaban J connectivity index is 2.00. The molecule has 21 heavy (non-hydrogen) atoms. The molecule has 2 nitrogen and oxygen atoms in total. The van der Waals surface area contributed by atoms with Crippen LogP contribution in [0, 0.1) is 18.7 Å². The van der Waals surface area contributed by atoms with Crippen LogP contribution in [-0.4, -0.2) is 6.54 Å². The molecular weight excluding hydrogens is 265 g/mol. The molecule has 0 spiro atoms. The summed E-state index contributed by atoms with van der Waals surface area (Å²) in [5, 5.41) is 4.50. The Morgan fingerprint density at radius 3 is 2.76 bits per heavy atom. The number of halogens is 1. The van der Waals surface area contributed by atoms with E-state index in [2.05, 4.69) is 12.2 Å². The summed E-state index contributed by atoms with van der Waals surface area (Å²) in [6.07, 6.45) is 6.46. The lowest BCUT2D eigenvalue weighted by molar-refractivity contribution is 0.249. The summed E-state index contributed by atoms with van der Waals surface area (Å²) in [7, 11) is 0. The molecule has 1 aliphatic rings. The van der Waals surface area contributed by atoms with Gasteiger partial charge in [-0.3, -0.25) is 0 Å². The number of hydrogen-bond acceptors (Lipinski definition) is 2. The van der Waals surface area contributed by atoms with Crippen LogP contribution in [0.25, 0.3) is 11.0 Å². The molecule has 0 amide bonds. The van der Waals surface area contributed by atoms with E-state index in [9.17, 15) is 4.39 Å². The first-order valence-electron chi connectivity index (χ1n) is 8.12. The molecule has 1 unspecified atom stereocenters. The molecule has 0 radical (unpaired) electrons. The lowest BCUT2D eigenvalue weighted by Crippen LogP contribution is -2.29. The highest BCUT2D eigenvalue weighted by Gasteiger charge is 2.29. The van der Waals surface area contributed by atoms with E-state index in [1.165, 1.54) is 38.2 Å². The quantitative estimate of drug-likeness (QED) is 0.846. The van der Waals surface area contributed by atoms with E-state index in [0.29, 0.717) is 5.92 Å². The largest absolute Gasteiger partial charge is 0.459 e. The lowest BCUT2D eigenvalue weighted by atomic mass is 9.82. The van der Waals surface area contributed by atoms with Crippen molar-refractivity contribution in [3.8, 4) is 0 Å². The maximum Gasteiger partial charge on any atom is 0.134 e. The highest BCUT2D eigenvalue weighted by atomic mass is 19.1. The minimum Gasteiger partial charge on any atom is -0.459 e. The summed E-state index contributed by atoms with van der Waals surface area (Å²) in [6.45, 7) is 5.10. The first kappa shape index (κ1) is 14.6. The second-order valence-electron chi connectivity index (χ2n) is 6.17. The smallest absolute Gasteiger partial charge is 0.134 e. The second-order valence-corrected chi connectivity index (χ2v) is 6.17. The Kier molecular flexibility index (Phi) is 4.29.